The summed E-state index contributed by atoms with van der Waals surface area (Å²) in [5.74, 6) is -0.595. The van der Waals surface area contributed by atoms with Gasteiger partial charge in [-0.2, -0.15) is 0 Å². The monoisotopic (exact) mass is 369 g/mol. The number of halogens is 1. The number of aryl methyl sites for hydroxylation is 2. The van der Waals surface area contributed by atoms with Crippen LogP contribution >= 0.6 is 11.6 Å². The number of benzene rings is 2. The Labute approximate surface area is 154 Å². The Bertz CT molecular complexity index is 1100. The number of nitrogens with zero attached hydrogens (tertiary/aromatic N) is 1. The third-order valence-electron chi connectivity index (χ3n) is 3.95. The summed E-state index contributed by atoms with van der Waals surface area (Å²) in [6.07, 6.45) is 1.12. The number of H-pyrrole nitrogens is 1. The first-order chi connectivity index (χ1) is 12.4. The lowest BCUT2D eigenvalue weighted by Crippen LogP contribution is -2.38. The van der Waals surface area contributed by atoms with Crippen LogP contribution in [0.4, 0.5) is 5.69 Å². The van der Waals surface area contributed by atoms with Crippen LogP contribution in [0.1, 0.15) is 21.5 Å². The molecule has 2 N–H and O–H groups in total. The Hall–Kier alpha value is -3.12. The fraction of sp³-hybridized carbons (Fsp3) is 0.105. The van der Waals surface area contributed by atoms with E-state index in [1.54, 1.807) is 12.1 Å². The molecule has 0 saturated carbocycles. The average molecular weight is 370 g/mol. The number of hydrogen-bond donors (Lipinski definition) is 2. The molecule has 0 atom stereocenters. The van der Waals surface area contributed by atoms with Gasteiger partial charge in [0, 0.05) is 16.9 Å². The van der Waals surface area contributed by atoms with Gasteiger partial charge in [0.05, 0.1) is 5.69 Å². The molecule has 1 aromatic heterocycles. The maximum Gasteiger partial charge on any atom is 0.333 e. The summed E-state index contributed by atoms with van der Waals surface area (Å²) < 4.78 is 0.897. The number of amides is 1. The average Bonchev–Trinajstić information content (AvgIpc) is 2.60. The highest BCUT2D eigenvalue weighted by Crippen LogP contribution is 2.17. The highest BCUT2D eigenvalue weighted by Gasteiger charge is 2.16. The van der Waals surface area contributed by atoms with Crippen molar-refractivity contribution >= 4 is 23.2 Å². The van der Waals surface area contributed by atoms with Gasteiger partial charge in [-0.25, -0.2) is 9.36 Å². The number of carbonyl (C=O) groups is 1. The van der Waals surface area contributed by atoms with Gasteiger partial charge < -0.3 is 10.3 Å². The summed E-state index contributed by atoms with van der Waals surface area (Å²) in [7, 11) is 0. The number of aromatic nitrogens is 2. The molecular weight excluding hydrogens is 354 g/mol. The summed E-state index contributed by atoms with van der Waals surface area (Å²) in [6, 6.07) is 11.8. The van der Waals surface area contributed by atoms with E-state index in [1.807, 2.05) is 32.0 Å². The predicted octanol–water partition coefficient (Wildman–Crippen LogP) is 3.05. The van der Waals surface area contributed by atoms with Crippen LogP contribution in [0.2, 0.25) is 5.02 Å². The Balaban J connectivity index is 2.03. The molecule has 0 unspecified atom stereocenters. The molecule has 132 valence electrons. The van der Waals surface area contributed by atoms with Crippen LogP contribution in [0.25, 0.3) is 5.69 Å². The normalized spacial score (nSPS) is 10.6. The first kappa shape index (κ1) is 17.7. The van der Waals surface area contributed by atoms with E-state index in [2.05, 4.69) is 10.3 Å². The van der Waals surface area contributed by atoms with Crippen molar-refractivity contribution in [2.24, 2.45) is 0 Å². The molecule has 7 heteroatoms. The molecule has 26 heavy (non-hydrogen) atoms. The van der Waals surface area contributed by atoms with Gasteiger partial charge in [0.2, 0.25) is 0 Å². The summed E-state index contributed by atoms with van der Waals surface area (Å²) in [5, 5.41) is 3.19. The second-order valence-electron chi connectivity index (χ2n) is 5.90. The second-order valence-corrected chi connectivity index (χ2v) is 6.33. The third-order valence-corrected chi connectivity index (χ3v) is 4.20. The van der Waals surface area contributed by atoms with Crippen molar-refractivity contribution in [2.45, 2.75) is 13.8 Å². The van der Waals surface area contributed by atoms with Gasteiger partial charge in [0.1, 0.15) is 5.56 Å². The van der Waals surface area contributed by atoms with Gasteiger partial charge in [-0.15, -0.1) is 0 Å². The number of carbonyl (C=O) groups excluding carboxylic acids is 1. The molecule has 0 bridgehead atoms. The fourth-order valence-corrected chi connectivity index (χ4v) is 2.65. The molecule has 1 amide bonds. The topological polar surface area (TPSA) is 84.0 Å². The van der Waals surface area contributed by atoms with Crippen LogP contribution < -0.4 is 16.6 Å². The van der Waals surface area contributed by atoms with Gasteiger partial charge in [-0.05, 0) is 55.3 Å². The maximum absolute atomic E-state index is 12.7. The number of hydrogen-bond acceptors (Lipinski definition) is 3. The van der Waals surface area contributed by atoms with E-state index in [1.165, 1.54) is 12.1 Å². The molecule has 0 aliphatic heterocycles. The molecule has 0 aliphatic rings. The number of rotatable bonds is 3. The number of nitrogens with one attached hydrogen (secondary N) is 2. The zero-order chi connectivity index (χ0) is 18.8. The fourth-order valence-electron chi connectivity index (χ4n) is 2.52. The molecule has 0 saturated heterocycles. The van der Waals surface area contributed by atoms with Crippen LogP contribution in [0.15, 0.2) is 58.3 Å². The van der Waals surface area contributed by atoms with E-state index < -0.39 is 17.2 Å². The summed E-state index contributed by atoms with van der Waals surface area (Å²) in [6.45, 7) is 3.76. The Kier molecular flexibility index (Phi) is 4.77. The summed E-state index contributed by atoms with van der Waals surface area (Å²) in [4.78, 5) is 39.8. The van der Waals surface area contributed by atoms with Crippen molar-refractivity contribution in [3.63, 3.8) is 0 Å². The quantitative estimate of drug-likeness (QED) is 0.744. The predicted molar refractivity (Wildman–Crippen MR) is 102 cm³/mol. The molecule has 3 rings (SSSR count). The van der Waals surface area contributed by atoms with Crippen LogP contribution in [-0.2, 0) is 0 Å². The van der Waals surface area contributed by atoms with Gasteiger partial charge in [-0.1, -0.05) is 23.7 Å². The molecule has 0 fully saturated rings. The molecule has 6 nitrogen and oxygen atoms in total. The Morgan fingerprint density at radius 3 is 2.46 bits per heavy atom. The minimum Gasteiger partial charge on any atom is -0.322 e. The molecular formula is C19H16ClN3O3. The summed E-state index contributed by atoms with van der Waals surface area (Å²) in [5.41, 5.74) is 1.26. The molecule has 0 radical (unpaired) electrons. The van der Waals surface area contributed by atoms with Crippen LogP contribution in [-0.4, -0.2) is 15.5 Å². The first-order valence-electron chi connectivity index (χ1n) is 7.86. The Morgan fingerprint density at radius 2 is 1.77 bits per heavy atom. The van der Waals surface area contributed by atoms with Gasteiger partial charge >= 0.3 is 5.69 Å². The lowest BCUT2D eigenvalue weighted by molar-refractivity contribution is 0.102. The van der Waals surface area contributed by atoms with Crippen molar-refractivity contribution < 1.29 is 4.79 Å². The largest absolute Gasteiger partial charge is 0.333 e. The maximum atomic E-state index is 12.7. The van der Waals surface area contributed by atoms with Crippen molar-refractivity contribution in [3.05, 3.63) is 91.2 Å². The molecule has 0 aliphatic carbocycles. The lowest BCUT2D eigenvalue weighted by Gasteiger charge is -2.10. The van der Waals surface area contributed by atoms with Crippen molar-refractivity contribution in [3.8, 4) is 5.69 Å². The smallest absolute Gasteiger partial charge is 0.322 e. The lowest BCUT2D eigenvalue weighted by atomic mass is 10.1. The van der Waals surface area contributed by atoms with Gasteiger partial charge in [-0.3, -0.25) is 9.59 Å². The third kappa shape index (κ3) is 3.45. The first-order valence-corrected chi connectivity index (χ1v) is 8.24. The van der Waals surface area contributed by atoms with Crippen LogP contribution in [0, 0.1) is 13.8 Å². The number of aromatic amines is 1. The van der Waals surface area contributed by atoms with E-state index in [4.69, 9.17) is 11.6 Å². The molecule has 2 aromatic carbocycles. The van der Waals surface area contributed by atoms with Crippen LogP contribution in [0.5, 0.6) is 0 Å². The van der Waals surface area contributed by atoms with Crippen molar-refractivity contribution in [1.29, 1.82) is 0 Å². The van der Waals surface area contributed by atoms with E-state index in [-0.39, 0.29) is 5.56 Å². The SMILES string of the molecule is Cc1ccc(C)c(NC(=O)c2c[nH]c(=O)n(-c3ccc(Cl)cc3)c2=O)c1. The highest BCUT2D eigenvalue weighted by molar-refractivity contribution is 6.30. The number of anilines is 1. The second kappa shape index (κ2) is 7.01. The van der Waals surface area contributed by atoms with Crippen LogP contribution in [0.3, 0.4) is 0 Å². The van der Waals surface area contributed by atoms with Gasteiger partial charge in [0.25, 0.3) is 11.5 Å². The van der Waals surface area contributed by atoms with Crippen molar-refractivity contribution in [2.75, 3.05) is 5.32 Å². The molecule has 3 aromatic rings. The zero-order valence-corrected chi connectivity index (χ0v) is 14.9. The van der Waals surface area contributed by atoms with E-state index in [9.17, 15) is 14.4 Å². The zero-order valence-electron chi connectivity index (χ0n) is 14.2. The van der Waals surface area contributed by atoms with E-state index >= 15 is 0 Å². The van der Waals surface area contributed by atoms with E-state index in [0.717, 1.165) is 21.9 Å². The minimum absolute atomic E-state index is 0.166. The highest BCUT2D eigenvalue weighted by atomic mass is 35.5. The van der Waals surface area contributed by atoms with Gasteiger partial charge in [0.15, 0.2) is 0 Å². The standard InChI is InChI=1S/C19H16ClN3O3/c1-11-3-4-12(2)16(9-11)22-17(24)15-10-21-19(26)23(18(15)25)14-7-5-13(20)6-8-14/h3-10H,1-2H3,(H,21,26)(H,22,24). The Morgan fingerprint density at radius 1 is 1.08 bits per heavy atom. The molecule has 0 spiro atoms. The summed E-state index contributed by atoms with van der Waals surface area (Å²) >= 11 is 5.84. The minimum atomic E-state index is -0.709. The van der Waals surface area contributed by atoms with Crippen molar-refractivity contribution in [1.82, 2.24) is 9.55 Å². The van der Waals surface area contributed by atoms with E-state index in [0.29, 0.717) is 16.4 Å². The molecule has 1 heterocycles.